The highest BCUT2D eigenvalue weighted by Crippen LogP contribution is 2.37. The largest absolute Gasteiger partial charge is 0.384 e. The number of aliphatic hydroxyl groups is 1. The first-order chi connectivity index (χ1) is 9.94. The summed E-state index contributed by atoms with van der Waals surface area (Å²) in [7, 11) is 0. The second kappa shape index (κ2) is 6.99. The Bertz CT molecular complexity index is 645. The van der Waals surface area contributed by atoms with Gasteiger partial charge in [-0.05, 0) is 12.1 Å². The topological polar surface area (TPSA) is 61.8 Å². The van der Waals surface area contributed by atoms with Crippen LogP contribution in [0.3, 0.4) is 0 Å². The van der Waals surface area contributed by atoms with E-state index in [-0.39, 0.29) is 12.8 Å². The molecular weight excluding hydrogens is 356 g/mol. The molecule has 21 heavy (non-hydrogen) atoms. The van der Waals surface area contributed by atoms with E-state index in [0.29, 0.717) is 26.5 Å². The minimum atomic E-state index is -1.40. The molecule has 0 aliphatic heterocycles. The van der Waals surface area contributed by atoms with Gasteiger partial charge in [-0.1, -0.05) is 52.5 Å². The van der Waals surface area contributed by atoms with Crippen molar-refractivity contribution in [3.05, 3.63) is 56.5 Å². The standard InChI is InChI=1S/C13H11Cl4N3O/c14-6-9(16)4-13(21,5-12-18-7-19-20-12)10-2-1-8(15)3-11(10)17/h1-3,6-7,21H,4-5H2,(H,18,19,20). The fraction of sp³-hybridized carbons (Fsp3) is 0.231. The number of aromatic nitrogens is 3. The molecule has 1 aromatic carbocycles. The van der Waals surface area contributed by atoms with Gasteiger partial charge >= 0.3 is 0 Å². The molecule has 112 valence electrons. The highest BCUT2D eigenvalue weighted by Gasteiger charge is 2.34. The van der Waals surface area contributed by atoms with Crippen molar-refractivity contribution in [3.63, 3.8) is 0 Å². The van der Waals surface area contributed by atoms with Gasteiger partial charge in [0.25, 0.3) is 0 Å². The molecule has 0 aliphatic carbocycles. The number of nitrogens with zero attached hydrogens (tertiary/aromatic N) is 2. The molecule has 2 aromatic rings. The first-order valence-electron chi connectivity index (χ1n) is 5.92. The van der Waals surface area contributed by atoms with Crippen LogP contribution in [0.2, 0.25) is 10.0 Å². The number of hydrogen-bond donors (Lipinski definition) is 2. The monoisotopic (exact) mass is 365 g/mol. The number of nitrogens with one attached hydrogen (secondary N) is 1. The van der Waals surface area contributed by atoms with Crippen LogP contribution in [0.25, 0.3) is 0 Å². The summed E-state index contributed by atoms with van der Waals surface area (Å²) >= 11 is 23.7. The Balaban J connectivity index is 2.43. The Morgan fingerprint density at radius 3 is 2.71 bits per heavy atom. The van der Waals surface area contributed by atoms with Crippen molar-refractivity contribution in [1.82, 2.24) is 15.2 Å². The summed E-state index contributed by atoms with van der Waals surface area (Å²) in [5, 5.41) is 18.7. The fourth-order valence-electron chi connectivity index (χ4n) is 2.02. The highest BCUT2D eigenvalue weighted by molar-refractivity contribution is 6.36. The van der Waals surface area contributed by atoms with Gasteiger partial charge in [-0.25, -0.2) is 4.98 Å². The van der Waals surface area contributed by atoms with Gasteiger partial charge < -0.3 is 5.11 Å². The molecule has 1 unspecified atom stereocenters. The van der Waals surface area contributed by atoms with E-state index in [0.717, 1.165) is 0 Å². The average molecular weight is 367 g/mol. The van der Waals surface area contributed by atoms with Crippen molar-refractivity contribution < 1.29 is 5.11 Å². The van der Waals surface area contributed by atoms with Crippen molar-refractivity contribution in [2.24, 2.45) is 0 Å². The summed E-state index contributed by atoms with van der Waals surface area (Å²) in [4.78, 5) is 4.02. The third-order valence-electron chi connectivity index (χ3n) is 2.93. The predicted octanol–water partition coefficient (Wildman–Crippen LogP) is 4.25. The smallest absolute Gasteiger partial charge is 0.153 e. The number of aromatic amines is 1. The van der Waals surface area contributed by atoms with Crippen LogP contribution in [-0.4, -0.2) is 20.3 Å². The lowest BCUT2D eigenvalue weighted by atomic mass is 9.87. The van der Waals surface area contributed by atoms with Gasteiger partial charge in [0.05, 0.1) is 0 Å². The zero-order valence-corrected chi connectivity index (χ0v) is 13.7. The molecule has 0 saturated heterocycles. The number of benzene rings is 1. The maximum Gasteiger partial charge on any atom is 0.153 e. The summed E-state index contributed by atoms with van der Waals surface area (Å²) in [5.74, 6) is 0.433. The minimum Gasteiger partial charge on any atom is -0.384 e. The Morgan fingerprint density at radius 2 is 2.14 bits per heavy atom. The number of H-pyrrole nitrogens is 1. The molecule has 8 heteroatoms. The van der Waals surface area contributed by atoms with Crippen molar-refractivity contribution in [3.8, 4) is 0 Å². The molecule has 1 atom stereocenters. The Hall–Kier alpha value is -0.780. The van der Waals surface area contributed by atoms with E-state index in [1.165, 1.54) is 11.9 Å². The molecular formula is C13H11Cl4N3O. The third-order valence-corrected chi connectivity index (χ3v) is 4.09. The Labute approximate surface area is 141 Å². The maximum absolute atomic E-state index is 11.0. The quantitative estimate of drug-likeness (QED) is 0.831. The molecule has 0 amide bonds. The van der Waals surface area contributed by atoms with E-state index in [4.69, 9.17) is 46.4 Å². The maximum atomic E-state index is 11.0. The van der Waals surface area contributed by atoms with Gasteiger partial charge in [-0.3, -0.25) is 5.10 Å². The first-order valence-corrected chi connectivity index (χ1v) is 7.49. The van der Waals surface area contributed by atoms with E-state index >= 15 is 0 Å². The second-order valence-corrected chi connectivity index (χ2v) is 6.03. The van der Waals surface area contributed by atoms with Crippen LogP contribution in [0.15, 0.2) is 35.1 Å². The molecule has 0 bridgehead atoms. The highest BCUT2D eigenvalue weighted by atomic mass is 35.5. The van der Waals surface area contributed by atoms with Crippen molar-refractivity contribution >= 4 is 46.4 Å². The molecule has 1 aromatic heterocycles. The van der Waals surface area contributed by atoms with E-state index in [1.54, 1.807) is 18.2 Å². The van der Waals surface area contributed by atoms with E-state index in [2.05, 4.69) is 15.2 Å². The molecule has 0 saturated carbocycles. The molecule has 0 aliphatic rings. The second-order valence-electron chi connectivity index (χ2n) is 4.48. The van der Waals surface area contributed by atoms with Gasteiger partial charge in [0.1, 0.15) is 11.9 Å². The van der Waals surface area contributed by atoms with Crippen LogP contribution in [0, 0.1) is 0 Å². The Morgan fingerprint density at radius 1 is 1.38 bits per heavy atom. The molecule has 0 spiro atoms. The fourth-order valence-corrected chi connectivity index (χ4v) is 2.90. The Kier molecular flexibility index (Phi) is 5.52. The lowest BCUT2D eigenvalue weighted by Crippen LogP contribution is -2.30. The molecule has 1 heterocycles. The average Bonchev–Trinajstić information content (AvgIpc) is 2.90. The van der Waals surface area contributed by atoms with Gasteiger partial charge in [0.2, 0.25) is 0 Å². The SMILES string of the molecule is OC(CC(Cl)=CCl)(Cc1nc[nH]n1)c1ccc(Cl)cc1Cl. The van der Waals surface area contributed by atoms with Crippen LogP contribution in [0.4, 0.5) is 0 Å². The zero-order valence-electron chi connectivity index (χ0n) is 10.7. The summed E-state index contributed by atoms with van der Waals surface area (Å²) in [5.41, 5.74) is 0.288. The van der Waals surface area contributed by atoms with Crippen LogP contribution in [0.5, 0.6) is 0 Å². The van der Waals surface area contributed by atoms with Crippen LogP contribution in [-0.2, 0) is 12.0 Å². The van der Waals surface area contributed by atoms with E-state index in [9.17, 15) is 5.11 Å². The number of halogens is 4. The van der Waals surface area contributed by atoms with E-state index < -0.39 is 5.60 Å². The summed E-state index contributed by atoms with van der Waals surface area (Å²) in [6.07, 6.45) is 1.63. The van der Waals surface area contributed by atoms with Crippen molar-refractivity contribution in [2.75, 3.05) is 0 Å². The number of hydrogen-bond acceptors (Lipinski definition) is 3. The lowest BCUT2D eigenvalue weighted by molar-refractivity contribution is 0.0370. The molecule has 0 fully saturated rings. The normalized spacial score (nSPS) is 15.0. The van der Waals surface area contributed by atoms with Crippen molar-refractivity contribution in [1.29, 1.82) is 0 Å². The van der Waals surface area contributed by atoms with Gasteiger partial charge in [0, 0.05) is 39.0 Å². The molecule has 2 rings (SSSR count). The van der Waals surface area contributed by atoms with E-state index in [1.807, 2.05) is 0 Å². The molecule has 0 radical (unpaired) electrons. The summed E-state index contributed by atoms with van der Waals surface area (Å²) in [6, 6.07) is 4.85. The van der Waals surface area contributed by atoms with Crippen molar-refractivity contribution in [2.45, 2.75) is 18.4 Å². The third kappa shape index (κ3) is 4.11. The predicted molar refractivity (Wildman–Crippen MR) is 84.9 cm³/mol. The lowest BCUT2D eigenvalue weighted by Gasteiger charge is -2.28. The molecule has 2 N–H and O–H groups in total. The zero-order chi connectivity index (χ0) is 15.5. The number of rotatable bonds is 5. The van der Waals surface area contributed by atoms with Gasteiger partial charge in [0.15, 0.2) is 5.82 Å². The summed E-state index contributed by atoms with van der Waals surface area (Å²) in [6.45, 7) is 0. The molecule has 4 nitrogen and oxygen atoms in total. The van der Waals surface area contributed by atoms with Crippen LogP contribution < -0.4 is 0 Å². The summed E-state index contributed by atoms with van der Waals surface area (Å²) < 4.78 is 0. The van der Waals surface area contributed by atoms with Crippen LogP contribution in [0.1, 0.15) is 17.8 Å². The van der Waals surface area contributed by atoms with Crippen LogP contribution >= 0.6 is 46.4 Å². The van der Waals surface area contributed by atoms with Gasteiger partial charge in [-0.15, -0.1) is 0 Å². The first kappa shape index (κ1) is 16.6. The minimum absolute atomic E-state index is 0.0773. The van der Waals surface area contributed by atoms with Gasteiger partial charge in [-0.2, -0.15) is 5.10 Å².